The molecule has 0 spiro atoms. The molecule has 1 amide bonds. The van der Waals surface area contributed by atoms with Gasteiger partial charge in [-0.15, -0.1) is 11.3 Å². The van der Waals surface area contributed by atoms with Crippen LogP contribution < -0.4 is 10.1 Å². The first-order valence-corrected chi connectivity index (χ1v) is 9.02. The number of amides is 1. The van der Waals surface area contributed by atoms with Gasteiger partial charge in [-0.1, -0.05) is 0 Å². The topological polar surface area (TPSA) is 64.6 Å². The number of benzene rings is 1. The zero-order valence-corrected chi connectivity index (χ0v) is 14.6. The van der Waals surface area contributed by atoms with Crippen molar-refractivity contribution in [2.45, 2.75) is 32.3 Å². The monoisotopic (exact) mass is 381 g/mol. The first kappa shape index (κ1) is 18.3. The molecule has 2 aromatic rings. The quantitative estimate of drug-likeness (QED) is 0.768. The summed E-state index contributed by atoms with van der Waals surface area (Å²) in [5.41, 5.74) is 1.98. The van der Waals surface area contributed by atoms with E-state index in [1.165, 1.54) is 29.1 Å². The predicted octanol–water partition coefficient (Wildman–Crippen LogP) is 4.02. The van der Waals surface area contributed by atoms with Crippen molar-refractivity contribution < 1.29 is 27.8 Å². The van der Waals surface area contributed by atoms with Crippen LogP contribution in [0.5, 0.6) is 5.75 Å². The van der Waals surface area contributed by atoms with Gasteiger partial charge in [-0.3, -0.25) is 4.79 Å². The molecule has 0 saturated carbocycles. The van der Waals surface area contributed by atoms with E-state index >= 15 is 0 Å². The van der Waals surface area contributed by atoms with Crippen LogP contribution in [0.15, 0.2) is 29.6 Å². The van der Waals surface area contributed by atoms with Gasteiger partial charge in [0.2, 0.25) is 0 Å². The van der Waals surface area contributed by atoms with Crippen LogP contribution in [0.3, 0.4) is 0 Å². The highest BCUT2D eigenvalue weighted by Gasteiger charge is 2.21. The van der Waals surface area contributed by atoms with Crippen molar-refractivity contribution in [1.82, 2.24) is 0 Å². The number of hydrogen-bond donors (Lipinski definition) is 1. The molecule has 1 aromatic carbocycles. The number of esters is 1. The smallest absolute Gasteiger partial charge is 0.387 e. The number of anilines is 1. The van der Waals surface area contributed by atoms with E-state index in [0.29, 0.717) is 11.3 Å². The Labute approximate surface area is 152 Å². The molecule has 0 unspecified atom stereocenters. The van der Waals surface area contributed by atoms with Gasteiger partial charge in [-0.2, -0.15) is 8.78 Å². The van der Waals surface area contributed by atoms with Gasteiger partial charge in [0.15, 0.2) is 6.61 Å². The van der Waals surface area contributed by atoms with Crippen molar-refractivity contribution in [3.05, 3.63) is 45.6 Å². The Balaban J connectivity index is 1.51. The Morgan fingerprint density at radius 2 is 1.88 bits per heavy atom. The maximum Gasteiger partial charge on any atom is 0.387 e. The number of nitrogens with one attached hydrogen (secondary N) is 1. The maximum atomic E-state index is 12.2. The van der Waals surface area contributed by atoms with Crippen LogP contribution in [0, 0.1) is 0 Å². The summed E-state index contributed by atoms with van der Waals surface area (Å²) >= 11 is 1.56. The van der Waals surface area contributed by atoms with Crippen molar-refractivity contribution >= 4 is 28.9 Å². The lowest BCUT2D eigenvalue weighted by molar-refractivity contribution is -0.119. The van der Waals surface area contributed by atoms with Gasteiger partial charge in [-0.05, 0) is 55.5 Å². The first-order chi connectivity index (χ1) is 12.5. The van der Waals surface area contributed by atoms with E-state index in [0.717, 1.165) is 31.2 Å². The fourth-order valence-corrected chi connectivity index (χ4v) is 3.91. The third kappa shape index (κ3) is 4.57. The average molecular weight is 381 g/mol. The van der Waals surface area contributed by atoms with Gasteiger partial charge in [-0.25, -0.2) is 4.79 Å². The largest absolute Gasteiger partial charge is 0.452 e. The molecule has 3 rings (SSSR count). The third-order valence-corrected chi connectivity index (χ3v) is 5.07. The summed E-state index contributed by atoms with van der Waals surface area (Å²) in [6.07, 6.45) is 4.03. The van der Waals surface area contributed by atoms with Crippen LogP contribution in [0.2, 0.25) is 0 Å². The molecule has 0 aliphatic heterocycles. The zero-order valence-electron chi connectivity index (χ0n) is 13.8. The second kappa shape index (κ2) is 8.27. The van der Waals surface area contributed by atoms with Gasteiger partial charge in [0.1, 0.15) is 5.75 Å². The van der Waals surface area contributed by atoms with Crippen molar-refractivity contribution in [3.8, 4) is 5.75 Å². The fraction of sp³-hybridized carbons (Fsp3) is 0.333. The SMILES string of the molecule is O=C(COC(=O)c1csc2c1CCCC2)Nc1ccc(OC(F)F)cc1. The van der Waals surface area contributed by atoms with E-state index in [9.17, 15) is 18.4 Å². The highest BCUT2D eigenvalue weighted by Crippen LogP contribution is 2.30. The van der Waals surface area contributed by atoms with Gasteiger partial charge in [0, 0.05) is 15.9 Å². The molecule has 26 heavy (non-hydrogen) atoms. The average Bonchev–Trinajstić information content (AvgIpc) is 3.05. The minimum absolute atomic E-state index is 0.00772. The number of carbonyl (C=O) groups excluding carboxylic acids is 2. The lowest BCUT2D eigenvalue weighted by Crippen LogP contribution is -2.21. The van der Waals surface area contributed by atoms with E-state index < -0.39 is 25.1 Å². The van der Waals surface area contributed by atoms with Crippen LogP contribution in [0.1, 0.15) is 33.6 Å². The lowest BCUT2D eigenvalue weighted by Gasteiger charge is -2.12. The number of halogens is 2. The van der Waals surface area contributed by atoms with Crippen molar-refractivity contribution in [3.63, 3.8) is 0 Å². The van der Waals surface area contributed by atoms with Crippen LogP contribution in [0.4, 0.5) is 14.5 Å². The molecule has 1 aromatic heterocycles. The highest BCUT2D eigenvalue weighted by molar-refractivity contribution is 7.10. The number of aryl methyl sites for hydroxylation is 1. The van der Waals surface area contributed by atoms with Crippen LogP contribution in [0.25, 0.3) is 0 Å². The standard InChI is InChI=1S/C18H17F2NO4S/c19-18(20)25-12-7-5-11(6-8-12)21-16(22)9-24-17(23)14-10-26-15-4-2-1-3-13(14)15/h5-8,10,18H,1-4,9H2,(H,21,22). The molecule has 8 heteroatoms. The van der Waals surface area contributed by atoms with Crippen molar-refractivity contribution in [2.75, 3.05) is 11.9 Å². The lowest BCUT2D eigenvalue weighted by atomic mass is 9.96. The summed E-state index contributed by atoms with van der Waals surface area (Å²) < 4.78 is 33.5. The van der Waals surface area contributed by atoms with E-state index in [2.05, 4.69) is 10.1 Å². The van der Waals surface area contributed by atoms with Crippen molar-refractivity contribution in [1.29, 1.82) is 0 Å². The summed E-state index contributed by atoms with van der Waals surface area (Å²) in [5, 5.41) is 4.32. The molecule has 1 aliphatic rings. The number of fused-ring (bicyclic) bond motifs is 1. The predicted molar refractivity (Wildman–Crippen MR) is 92.9 cm³/mol. The Morgan fingerprint density at radius 1 is 1.15 bits per heavy atom. The molecule has 0 fully saturated rings. The Kier molecular flexibility index (Phi) is 5.82. The van der Waals surface area contributed by atoms with Gasteiger partial charge in [0.25, 0.3) is 5.91 Å². The number of carbonyl (C=O) groups is 2. The summed E-state index contributed by atoms with van der Waals surface area (Å²) in [7, 11) is 0. The normalized spacial score (nSPS) is 13.2. The van der Waals surface area contributed by atoms with Crippen LogP contribution >= 0.6 is 11.3 Å². The molecule has 0 saturated heterocycles. The molecule has 1 N–H and O–H groups in total. The molecule has 0 atom stereocenters. The van der Waals surface area contributed by atoms with E-state index in [1.54, 1.807) is 16.7 Å². The minimum atomic E-state index is -2.90. The molecular weight excluding hydrogens is 364 g/mol. The molecule has 1 heterocycles. The summed E-state index contributed by atoms with van der Waals surface area (Å²) in [6, 6.07) is 5.47. The molecular formula is C18H17F2NO4S. The second-order valence-corrected chi connectivity index (χ2v) is 6.75. The summed E-state index contributed by atoms with van der Waals surface area (Å²) in [5.74, 6) is -1.02. The fourth-order valence-electron chi connectivity index (χ4n) is 2.79. The van der Waals surface area contributed by atoms with Crippen LogP contribution in [-0.4, -0.2) is 25.1 Å². The van der Waals surface area contributed by atoms with Crippen LogP contribution in [-0.2, 0) is 22.4 Å². The summed E-state index contributed by atoms with van der Waals surface area (Å²) in [6.45, 7) is -3.32. The second-order valence-electron chi connectivity index (χ2n) is 5.79. The molecule has 1 aliphatic carbocycles. The molecule has 138 valence electrons. The Morgan fingerprint density at radius 3 is 2.62 bits per heavy atom. The van der Waals surface area contributed by atoms with Gasteiger partial charge >= 0.3 is 12.6 Å². The molecule has 5 nitrogen and oxygen atoms in total. The number of ether oxygens (including phenoxy) is 2. The first-order valence-electron chi connectivity index (χ1n) is 8.14. The van der Waals surface area contributed by atoms with Crippen molar-refractivity contribution in [2.24, 2.45) is 0 Å². The number of hydrogen-bond acceptors (Lipinski definition) is 5. The van der Waals surface area contributed by atoms with E-state index in [4.69, 9.17) is 4.74 Å². The number of thiophene rings is 1. The molecule has 0 radical (unpaired) electrons. The minimum Gasteiger partial charge on any atom is -0.452 e. The third-order valence-electron chi connectivity index (χ3n) is 3.98. The molecule has 0 bridgehead atoms. The summed E-state index contributed by atoms with van der Waals surface area (Å²) in [4.78, 5) is 25.3. The van der Waals surface area contributed by atoms with E-state index in [1.807, 2.05) is 0 Å². The maximum absolute atomic E-state index is 12.2. The zero-order chi connectivity index (χ0) is 18.5. The number of rotatable bonds is 6. The van der Waals surface area contributed by atoms with Gasteiger partial charge in [0.05, 0.1) is 5.56 Å². The van der Waals surface area contributed by atoms with Gasteiger partial charge < -0.3 is 14.8 Å². The Bertz CT molecular complexity index is 789. The van der Waals surface area contributed by atoms with E-state index in [-0.39, 0.29) is 5.75 Å². The number of alkyl halides is 2. The Hall–Kier alpha value is -2.48. The highest BCUT2D eigenvalue weighted by atomic mass is 32.1.